The predicted molar refractivity (Wildman–Crippen MR) is 102 cm³/mol. The molecule has 0 unspecified atom stereocenters. The predicted octanol–water partition coefficient (Wildman–Crippen LogP) is 5.15. The quantitative estimate of drug-likeness (QED) is 0.624. The number of hydrogen-bond donors (Lipinski definition) is 2. The fourth-order valence-electron chi connectivity index (χ4n) is 2.29. The van der Waals surface area contributed by atoms with E-state index in [4.69, 9.17) is 27.9 Å². The van der Waals surface area contributed by atoms with E-state index in [1.54, 1.807) is 31.4 Å². The maximum absolute atomic E-state index is 6.17. The molecule has 5 nitrogen and oxygen atoms in total. The van der Waals surface area contributed by atoms with Gasteiger partial charge in [0, 0.05) is 23.2 Å². The molecule has 3 aromatic rings. The molecular weight excluding hydrogens is 359 g/mol. The smallest absolute Gasteiger partial charge is 0.135 e. The molecule has 0 amide bonds. The maximum atomic E-state index is 6.17. The second-order valence-corrected chi connectivity index (χ2v) is 6.05. The molecule has 25 heavy (non-hydrogen) atoms. The van der Waals surface area contributed by atoms with Crippen molar-refractivity contribution in [1.82, 2.24) is 9.97 Å². The van der Waals surface area contributed by atoms with Gasteiger partial charge in [-0.1, -0.05) is 41.4 Å². The van der Waals surface area contributed by atoms with Crippen molar-refractivity contribution in [2.45, 2.75) is 6.54 Å². The van der Waals surface area contributed by atoms with E-state index in [2.05, 4.69) is 20.6 Å². The monoisotopic (exact) mass is 374 g/mol. The summed E-state index contributed by atoms with van der Waals surface area (Å²) >= 11 is 12.2. The van der Waals surface area contributed by atoms with Gasteiger partial charge in [0.25, 0.3) is 0 Å². The lowest BCUT2D eigenvalue weighted by atomic mass is 10.2. The molecule has 0 aliphatic heterocycles. The number of nitrogens with zero attached hydrogens (tertiary/aromatic N) is 2. The Kier molecular flexibility index (Phi) is 5.58. The van der Waals surface area contributed by atoms with E-state index < -0.39 is 0 Å². The molecule has 0 saturated heterocycles. The summed E-state index contributed by atoms with van der Waals surface area (Å²) in [6.07, 6.45) is 1.48. The van der Waals surface area contributed by atoms with Crippen LogP contribution in [0.4, 0.5) is 17.3 Å². The average Bonchev–Trinajstić information content (AvgIpc) is 2.63. The Morgan fingerprint density at radius 3 is 2.64 bits per heavy atom. The third kappa shape index (κ3) is 4.53. The van der Waals surface area contributed by atoms with E-state index in [0.717, 1.165) is 11.3 Å². The molecule has 1 aromatic heterocycles. The summed E-state index contributed by atoms with van der Waals surface area (Å²) in [5.41, 5.74) is 1.72. The molecule has 2 aromatic carbocycles. The van der Waals surface area contributed by atoms with Gasteiger partial charge >= 0.3 is 0 Å². The molecule has 0 saturated carbocycles. The number of para-hydroxylation sites is 1. The molecule has 0 spiro atoms. The van der Waals surface area contributed by atoms with Crippen molar-refractivity contribution in [2.24, 2.45) is 0 Å². The molecule has 0 bridgehead atoms. The number of ether oxygens (including phenoxy) is 1. The average molecular weight is 375 g/mol. The van der Waals surface area contributed by atoms with Gasteiger partial charge in [0.05, 0.1) is 17.8 Å². The first-order valence-electron chi connectivity index (χ1n) is 7.55. The van der Waals surface area contributed by atoms with Gasteiger partial charge in [0.1, 0.15) is 23.7 Å². The van der Waals surface area contributed by atoms with E-state index in [0.29, 0.717) is 33.9 Å². The van der Waals surface area contributed by atoms with Gasteiger partial charge in [-0.05, 0) is 24.3 Å². The van der Waals surface area contributed by atoms with Crippen LogP contribution >= 0.6 is 23.2 Å². The lowest BCUT2D eigenvalue weighted by Gasteiger charge is -2.11. The Labute approximate surface area is 156 Å². The fourth-order valence-corrected chi connectivity index (χ4v) is 2.63. The van der Waals surface area contributed by atoms with Gasteiger partial charge in [-0.3, -0.25) is 0 Å². The highest BCUT2D eigenvalue weighted by Gasteiger charge is 2.06. The van der Waals surface area contributed by atoms with Gasteiger partial charge in [-0.2, -0.15) is 0 Å². The number of aromatic nitrogens is 2. The zero-order valence-electron chi connectivity index (χ0n) is 13.5. The summed E-state index contributed by atoms with van der Waals surface area (Å²) < 4.78 is 5.35. The van der Waals surface area contributed by atoms with E-state index >= 15 is 0 Å². The Hall–Kier alpha value is -2.50. The second-order valence-electron chi connectivity index (χ2n) is 5.20. The highest BCUT2D eigenvalue weighted by molar-refractivity contribution is 6.35. The summed E-state index contributed by atoms with van der Waals surface area (Å²) in [4.78, 5) is 8.44. The van der Waals surface area contributed by atoms with Crippen molar-refractivity contribution < 1.29 is 4.74 Å². The fraction of sp³-hybridized carbons (Fsp3) is 0.111. The molecule has 7 heteroatoms. The molecule has 0 fully saturated rings. The molecule has 0 aliphatic carbocycles. The summed E-state index contributed by atoms with van der Waals surface area (Å²) in [5.74, 6) is 2.12. The number of hydrogen-bond acceptors (Lipinski definition) is 5. The lowest BCUT2D eigenvalue weighted by molar-refractivity contribution is 0.410. The van der Waals surface area contributed by atoms with Crippen LogP contribution in [0, 0.1) is 0 Å². The van der Waals surface area contributed by atoms with E-state index in [1.165, 1.54) is 6.33 Å². The molecule has 1 heterocycles. The standard InChI is InChI=1S/C18H16Cl2N4O/c1-25-16-5-3-2-4-12(16)10-21-17-9-18(23-11-22-17)24-15-8-13(19)6-7-14(15)20/h2-9,11H,10H2,1H3,(H2,21,22,23,24). The molecule has 2 N–H and O–H groups in total. The number of benzene rings is 2. The number of anilines is 3. The molecule has 0 radical (unpaired) electrons. The molecule has 0 atom stereocenters. The van der Waals surface area contributed by atoms with Crippen LogP contribution in [0.15, 0.2) is 54.9 Å². The highest BCUT2D eigenvalue weighted by atomic mass is 35.5. The maximum Gasteiger partial charge on any atom is 0.135 e. The normalized spacial score (nSPS) is 10.4. The van der Waals surface area contributed by atoms with Gasteiger partial charge in [-0.25, -0.2) is 9.97 Å². The highest BCUT2D eigenvalue weighted by Crippen LogP contribution is 2.28. The SMILES string of the molecule is COc1ccccc1CNc1cc(Nc2cc(Cl)ccc2Cl)ncn1. The molecule has 0 aliphatic rings. The van der Waals surface area contributed by atoms with Crippen LogP contribution in [0.25, 0.3) is 0 Å². The minimum absolute atomic E-state index is 0.562. The van der Waals surface area contributed by atoms with Crippen LogP contribution in [0.5, 0.6) is 5.75 Å². The van der Waals surface area contributed by atoms with Gasteiger partial charge in [-0.15, -0.1) is 0 Å². The summed E-state index contributed by atoms with van der Waals surface area (Å²) in [5, 5.41) is 7.55. The minimum Gasteiger partial charge on any atom is -0.496 e. The zero-order chi connectivity index (χ0) is 17.6. The first kappa shape index (κ1) is 17.3. The Morgan fingerprint density at radius 1 is 1.00 bits per heavy atom. The van der Waals surface area contributed by atoms with E-state index in [1.807, 2.05) is 24.3 Å². The Morgan fingerprint density at radius 2 is 1.80 bits per heavy atom. The van der Waals surface area contributed by atoms with Crippen LogP contribution in [-0.2, 0) is 6.54 Å². The summed E-state index contributed by atoms with van der Waals surface area (Å²) in [6.45, 7) is 0.582. The van der Waals surface area contributed by atoms with Crippen LogP contribution in [-0.4, -0.2) is 17.1 Å². The molecule has 128 valence electrons. The van der Waals surface area contributed by atoms with Gasteiger partial charge < -0.3 is 15.4 Å². The van der Waals surface area contributed by atoms with Crippen molar-refractivity contribution >= 4 is 40.5 Å². The number of nitrogens with one attached hydrogen (secondary N) is 2. The third-order valence-corrected chi connectivity index (χ3v) is 4.08. The number of rotatable bonds is 6. The van der Waals surface area contributed by atoms with Crippen molar-refractivity contribution in [3.8, 4) is 5.75 Å². The lowest BCUT2D eigenvalue weighted by Crippen LogP contribution is -2.04. The van der Waals surface area contributed by atoms with Crippen LogP contribution < -0.4 is 15.4 Å². The van der Waals surface area contributed by atoms with Crippen LogP contribution in [0.3, 0.4) is 0 Å². The largest absolute Gasteiger partial charge is 0.496 e. The summed E-state index contributed by atoms with van der Waals surface area (Å²) in [7, 11) is 1.65. The summed E-state index contributed by atoms with van der Waals surface area (Å²) in [6, 6.07) is 14.8. The third-order valence-electron chi connectivity index (χ3n) is 3.51. The van der Waals surface area contributed by atoms with Crippen molar-refractivity contribution in [1.29, 1.82) is 0 Å². The first-order valence-corrected chi connectivity index (χ1v) is 8.31. The number of methoxy groups -OCH3 is 1. The van der Waals surface area contributed by atoms with E-state index in [-0.39, 0.29) is 0 Å². The first-order chi connectivity index (χ1) is 12.2. The van der Waals surface area contributed by atoms with Crippen LogP contribution in [0.2, 0.25) is 10.0 Å². The number of halogens is 2. The van der Waals surface area contributed by atoms with Crippen LogP contribution in [0.1, 0.15) is 5.56 Å². The topological polar surface area (TPSA) is 59.1 Å². The van der Waals surface area contributed by atoms with E-state index in [9.17, 15) is 0 Å². The Bertz CT molecular complexity index is 873. The van der Waals surface area contributed by atoms with Gasteiger partial charge in [0.15, 0.2) is 0 Å². The van der Waals surface area contributed by atoms with Crippen molar-refractivity contribution in [3.05, 3.63) is 70.5 Å². The second kappa shape index (κ2) is 8.05. The van der Waals surface area contributed by atoms with Gasteiger partial charge in [0.2, 0.25) is 0 Å². The van der Waals surface area contributed by atoms with Crippen molar-refractivity contribution in [3.63, 3.8) is 0 Å². The van der Waals surface area contributed by atoms with Crippen molar-refractivity contribution in [2.75, 3.05) is 17.7 Å². The molecular formula is C18H16Cl2N4O. The minimum atomic E-state index is 0.562. The molecule has 3 rings (SSSR count). The Balaban J connectivity index is 1.72. The zero-order valence-corrected chi connectivity index (χ0v) is 15.0.